The highest BCUT2D eigenvalue weighted by Crippen LogP contribution is 2.24. The number of hydrogen-bond acceptors (Lipinski definition) is 5. The minimum absolute atomic E-state index is 0.224. The molecule has 0 saturated carbocycles. The van der Waals surface area contributed by atoms with E-state index in [0.29, 0.717) is 6.61 Å². The lowest BCUT2D eigenvalue weighted by molar-refractivity contribution is 0.111. The van der Waals surface area contributed by atoms with Gasteiger partial charge in [0.25, 0.3) is 0 Å². The van der Waals surface area contributed by atoms with Crippen molar-refractivity contribution in [2.45, 2.75) is 18.6 Å². The molecular weight excluding hydrogens is 286 g/mol. The average molecular weight is 302 g/mol. The number of methoxy groups -OCH3 is 2. The molecule has 2 heterocycles. The van der Waals surface area contributed by atoms with Crippen LogP contribution in [0.15, 0.2) is 16.9 Å². The smallest absolute Gasteiger partial charge is 0.225 e. The van der Waals surface area contributed by atoms with Crippen LogP contribution in [0.2, 0.25) is 0 Å². The van der Waals surface area contributed by atoms with Crippen molar-refractivity contribution < 1.29 is 9.47 Å². The fourth-order valence-corrected chi connectivity index (χ4v) is 2.30. The van der Waals surface area contributed by atoms with E-state index in [1.54, 1.807) is 26.6 Å². The van der Waals surface area contributed by atoms with Gasteiger partial charge in [-0.25, -0.2) is 9.97 Å². The second-order valence-corrected chi connectivity index (χ2v) is 4.97. The van der Waals surface area contributed by atoms with Gasteiger partial charge in [0, 0.05) is 33.2 Å². The third-order valence-electron chi connectivity index (χ3n) is 2.93. The van der Waals surface area contributed by atoms with Crippen LogP contribution in [0, 0.1) is 0 Å². The maximum absolute atomic E-state index is 5.40. The van der Waals surface area contributed by atoms with E-state index in [2.05, 4.69) is 30.8 Å². The van der Waals surface area contributed by atoms with E-state index in [4.69, 9.17) is 9.47 Å². The zero-order valence-corrected chi connectivity index (χ0v) is 11.6. The Kier molecular flexibility index (Phi) is 4.31. The van der Waals surface area contributed by atoms with Crippen molar-refractivity contribution in [3.05, 3.63) is 16.9 Å². The summed E-state index contributed by atoms with van der Waals surface area (Å²) in [5, 5.41) is 0. The van der Waals surface area contributed by atoms with E-state index >= 15 is 0 Å². The summed E-state index contributed by atoms with van der Waals surface area (Å²) in [6, 6.07) is 0.283. The zero-order valence-electron chi connectivity index (χ0n) is 9.97. The van der Waals surface area contributed by atoms with Crippen molar-refractivity contribution >= 4 is 21.9 Å². The van der Waals surface area contributed by atoms with Crippen molar-refractivity contribution in [3.8, 4) is 0 Å². The van der Waals surface area contributed by atoms with E-state index in [0.717, 1.165) is 23.4 Å². The molecule has 0 radical (unpaired) electrons. The van der Waals surface area contributed by atoms with Crippen molar-refractivity contribution in [3.63, 3.8) is 0 Å². The molecule has 1 aliphatic heterocycles. The first-order valence-electron chi connectivity index (χ1n) is 5.50. The van der Waals surface area contributed by atoms with Gasteiger partial charge in [-0.05, 0) is 22.4 Å². The van der Waals surface area contributed by atoms with Crippen LogP contribution in [0.5, 0.6) is 0 Å². The Bertz CT molecular complexity index is 360. The molecule has 0 amide bonds. The molecule has 1 saturated heterocycles. The van der Waals surface area contributed by atoms with Crippen LogP contribution in [0.3, 0.4) is 0 Å². The molecule has 0 bridgehead atoms. The van der Waals surface area contributed by atoms with Gasteiger partial charge in [0.15, 0.2) is 0 Å². The quantitative estimate of drug-likeness (QED) is 0.843. The molecule has 94 valence electrons. The fourth-order valence-electron chi connectivity index (χ4n) is 2.09. The maximum atomic E-state index is 5.40. The third kappa shape index (κ3) is 2.94. The second kappa shape index (κ2) is 5.75. The summed E-state index contributed by atoms with van der Waals surface area (Å²) >= 11 is 3.33. The van der Waals surface area contributed by atoms with Gasteiger partial charge in [0.2, 0.25) is 5.95 Å². The molecule has 1 aromatic heterocycles. The zero-order chi connectivity index (χ0) is 12.3. The van der Waals surface area contributed by atoms with Crippen molar-refractivity contribution in [2.24, 2.45) is 0 Å². The molecule has 17 heavy (non-hydrogen) atoms. The number of aromatic nitrogens is 2. The molecule has 0 unspecified atom stereocenters. The first-order valence-corrected chi connectivity index (χ1v) is 6.29. The predicted octanol–water partition coefficient (Wildman–Crippen LogP) is 1.48. The topological polar surface area (TPSA) is 47.5 Å². The normalized spacial score (nSPS) is 24.3. The molecule has 0 aliphatic carbocycles. The Labute approximate surface area is 109 Å². The van der Waals surface area contributed by atoms with Gasteiger partial charge in [-0.15, -0.1) is 0 Å². The summed E-state index contributed by atoms with van der Waals surface area (Å²) in [7, 11) is 3.45. The third-order valence-corrected chi connectivity index (χ3v) is 3.34. The summed E-state index contributed by atoms with van der Waals surface area (Å²) in [6.45, 7) is 1.48. The largest absolute Gasteiger partial charge is 0.383 e. The molecule has 0 aromatic carbocycles. The minimum atomic E-state index is 0.224. The van der Waals surface area contributed by atoms with E-state index < -0.39 is 0 Å². The van der Waals surface area contributed by atoms with Crippen LogP contribution in [0.4, 0.5) is 5.95 Å². The van der Waals surface area contributed by atoms with Crippen LogP contribution in [0.1, 0.15) is 6.42 Å². The number of rotatable bonds is 4. The van der Waals surface area contributed by atoms with Gasteiger partial charge in [-0.3, -0.25) is 0 Å². The monoisotopic (exact) mass is 301 g/mol. The van der Waals surface area contributed by atoms with Crippen LogP contribution in [-0.2, 0) is 9.47 Å². The Morgan fingerprint density at radius 1 is 1.41 bits per heavy atom. The Balaban J connectivity index is 2.14. The Morgan fingerprint density at radius 2 is 2.12 bits per heavy atom. The lowest BCUT2D eigenvalue weighted by atomic mass is 10.2. The van der Waals surface area contributed by atoms with Gasteiger partial charge in [-0.1, -0.05) is 0 Å². The first kappa shape index (κ1) is 12.7. The molecule has 2 rings (SSSR count). The summed E-state index contributed by atoms with van der Waals surface area (Å²) in [5.41, 5.74) is 0. The van der Waals surface area contributed by atoms with E-state index in [1.807, 2.05) is 0 Å². The fraction of sp³-hybridized carbons (Fsp3) is 0.636. The van der Waals surface area contributed by atoms with Gasteiger partial charge >= 0.3 is 0 Å². The van der Waals surface area contributed by atoms with Gasteiger partial charge < -0.3 is 14.4 Å². The molecule has 1 fully saturated rings. The Morgan fingerprint density at radius 3 is 2.71 bits per heavy atom. The number of anilines is 1. The molecule has 0 spiro atoms. The molecular formula is C11H16BrN3O2. The van der Waals surface area contributed by atoms with Crippen LogP contribution >= 0.6 is 15.9 Å². The first-order chi connectivity index (χ1) is 8.24. The number of hydrogen-bond donors (Lipinski definition) is 0. The van der Waals surface area contributed by atoms with Crippen LogP contribution in [-0.4, -0.2) is 49.5 Å². The molecule has 6 heteroatoms. The standard InChI is InChI=1S/C11H16BrN3O2/c1-16-7-9-3-10(17-2)6-15(9)11-13-4-8(12)5-14-11/h4-5,9-10H,3,6-7H2,1-2H3/t9-,10+/m0/s1. The van der Waals surface area contributed by atoms with E-state index in [1.165, 1.54) is 0 Å². The molecule has 5 nitrogen and oxygen atoms in total. The molecule has 1 aromatic rings. The summed E-state index contributed by atoms with van der Waals surface area (Å²) in [5.74, 6) is 0.731. The average Bonchev–Trinajstić information content (AvgIpc) is 2.74. The van der Waals surface area contributed by atoms with Gasteiger partial charge in [-0.2, -0.15) is 0 Å². The predicted molar refractivity (Wildman–Crippen MR) is 68.2 cm³/mol. The second-order valence-electron chi connectivity index (χ2n) is 4.06. The summed E-state index contributed by atoms with van der Waals surface area (Å²) in [6.07, 6.45) is 4.69. The van der Waals surface area contributed by atoms with Crippen LogP contribution in [0.25, 0.3) is 0 Å². The summed E-state index contributed by atoms with van der Waals surface area (Å²) in [4.78, 5) is 10.8. The number of nitrogens with zero attached hydrogens (tertiary/aromatic N) is 3. The van der Waals surface area contributed by atoms with E-state index in [9.17, 15) is 0 Å². The highest BCUT2D eigenvalue weighted by Gasteiger charge is 2.33. The lowest BCUT2D eigenvalue weighted by Crippen LogP contribution is -2.34. The minimum Gasteiger partial charge on any atom is -0.383 e. The van der Waals surface area contributed by atoms with Crippen molar-refractivity contribution in [2.75, 3.05) is 32.3 Å². The highest BCUT2D eigenvalue weighted by atomic mass is 79.9. The van der Waals surface area contributed by atoms with Crippen molar-refractivity contribution in [1.29, 1.82) is 0 Å². The SMILES string of the molecule is COC[C@@H]1C[C@@H](OC)CN1c1ncc(Br)cn1. The van der Waals surface area contributed by atoms with Crippen molar-refractivity contribution in [1.82, 2.24) is 9.97 Å². The van der Waals surface area contributed by atoms with Gasteiger partial charge in [0.1, 0.15) is 0 Å². The molecule has 0 N–H and O–H groups in total. The van der Waals surface area contributed by atoms with Crippen LogP contribution < -0.4 is 4.90 Å². The number of halogens is 1. The lowest BCUT2D eigenvalue weighted by Gasteiger charge is -2.23. The summed E-state index contributed by atoms with van der Waals surface area (Å²) < 4.78 is 11.5. The van der Waals surface area contributed by atoms with E-state index in [-0.39, 0.29) is 12.1 Å². The van der Waals surface area contributed by atoms with Gasteiger partial charge in [0.05, 0.1) is 23.2 Å². The Hall–Kier alpha value is -0.720. The highest BCUT2D eigenvalue weighted by molar-refractivity contribution is 9.10. The molecule has 1 aliphatic rings. The maximum Gasteiger partial charge on any atom is 0.225 e. The number of ether oxygens (including phenoxy) is 2. The molecule has 2 atom stereocenters.